The molecule has 4 heteroatoms. The summed E-state index contributed by atoms with van der Waals surface area (Å²) in [5, 5.41) is 12.8. The summed E-state index contributed by atoms with van der Waals surface area (Å²) < 4.78 is 5.88. The highest BCUT2D eigenvalue weighted by molar-refractivity contribution is 6.04. The maximum Gasteiger partial charge on any atom is 0.255 e. The van der Waals surface area contributed by atoms with Gasteiger partial charge in [0.25, 0.3) is 5.91 Å². The summed E-state index contributed by atoms with van der Waals surface area (Å²) in [7, 11) is 0. The molecule has 0 spiro atoms. The number of carbonyl (C=O) groups excluding carboxylic acids is 1. The van der Waals surface area contributed by atoms with Crippen molar-refractivity contribution in [1.29, 1.82) is 0 Å². The molecule has 2 rings (SSSR count). The Morgan fingerprint density at radius 3 is 1.84 bits per heavy atom. The predicted molar refractivity (Wildman–Crippen MR) is 161 cm³/mol. The van der Waals surface area contributed by atoms with Gasteiger partial charge < -0.3 is 15.2 Å². The number of benzene rings is 2. The molecule has 2 N–H and O–H groups in total. The number of hydrogen-bond donors (Lipinski definition) is 2. The van der Waals surface area contributed by atoms with Crippen molar-refractivity contribution in [3.63, 3.8) is 0 Å². The molecule has 210 valence electrons. The van der Waals surface area contributed by atoms with E-state index in [9.17, 15) is 9.90 Å². The molecular weight excluding hydrogens is 470 g/mol. The zero-order valence-electron chi connectivity index (χ0n) is 23.8. The number of unbranched alkanes of at least 4 members (excludes halogenated alkanes) is 15. The van der Waals surface area contributed by atoms with Crippen molar-refractivity contribution in [1.82, 2.24) is 0 Å². The molecule has 38 heavy (non-hydrogen) atoms. The lowest BCUT2D eigenvalue weighted by molar-refractivity contribution is 0.102. The van der Waals surface area contributed by atoms with E-state index in [0.717, 1.165) is 18.8 Å². The van der Waals surface area contributed by atoms with E-state index < -0.39 is 0 Å². The summed E-state index contributed by atoms with van der Waals surface area (Å²) >= 11 is 0. The molecule has 0 unspecified atom stereocenters. The van der Waals surface area contributed by atoms with Crippen LogP contribution in [0.5, 0.6) is 11.5 Å². The number of ether oxygens (including phenoxy) is 1. The maximum absolute atomic E-state index is 12.6. The van der Waals surface area contributed by atoms with Gasteiger partial charge in [-0.15, -0.1) is 6.58 Å². The second kappa shape index (κ2) is 20.2. The highest BCUT2D eigenvalue weighted by atomic mass is 16.5. The minimum atomic E-state index is -0.211. The Labute approximate surface area is 231 Å². The summed E-state index contributed by atoms with van der Waals surface area (Å²) in [4.78, 5) is 12.6. The average molecular weight is 522 g/mol. The molecule has 0 saturated heterocycles. The topological polar surface area (TPSA) is 58.6 Å². The summed E-state index contributed by atoms with van der Waals surface area (Å²) in [5.41, 5.74) is 1.90. The fraction of sp³-hybridized carbons (Fsp3) is 0.559. The fourth-order valence-electron chi connectivity index (χ4n) is 4.72. The molecule has 0 fully saturated rings. The molecule has 2 aromatic rings. The maximum atomic E-state index is 12.6. The van der Waals surface area contributed by atoms with E-state index in [2.05, 4.69) is 18.8 Å². The third-order valence-electron chi connectivity index (χ3n) is 7.08. The zero-order valence-corrected chi connectivity index (χ0v) is 23.8. The van der Waals surface area contributed by atoms with E-state index in [0.29, 0.717) is 23.2 Å². The van der Waals surface area contributed by atoms with Gasteiger partial charge in [0.1, 0.15) is 11.5 Å². The smallest absolute Gasteiger partial charge is 0.255 e. The first-order valence-electron chi connectivity index (χ1n) is 15.1. The number of hydrogen-bond acceptors (Lipinski definition) is 3. The first kappa shape index (κ1) is 31.5. The first-order chi connectivity index (χ1) is 18.6. The first-order valence-corrected chi connectivity index (χ1v) is 15.1. The van der Waals surface area contributed by atoms with Crippen molar-refractivity contribution >= 4 is 11.6 Å². The Kier molecular flexibility index (Phi) is 16.8. The van der Waals surface area contributed by atoms with Crippen LogP contribution in [0.15, 0.2) is 55.1 Å². The van der Waals surface area contributed by atoms with E-state index in [1.54, 1.807) is 24.3 Å². The van der Waals surface area contributed by atoms with Crippen molar-refractivity contribution in [2.45, 2.75) is 116 Å². The second-order valence-corrected chi connectivity index (χ2v) is 10.5. The van der Waals surface area contributed by atoms with E-state index in [-0.39, 0.29) is 11.7 Å². The van der Waals surface area contributed by atoms with Gasteiger partial charge in [-0.3, -0.25) is 4.79 Å². The van der Waals surface area contributed by atoms with Crippen LogP contribution in [0.3, 0.4) is 0 Å². The van der Waals surface area contributed by atoms with Crippen LogP contribution in [0.1, 0.15) is 126 Å². The van der Waals surface area contributed by atoms with Gasteiger partial charge in [0.2, 0.25) is 0 Å². The quantitative estimate of drug-likeness (QED) is 0.120. The Morgan fingerprint density at radius 1 is 0.789 bits per heavy atom. The third-order valence-corrected chi connectivity index (χ3v) is 7.08. The molecule has 0 bridgehead atoms. The molecule has 0 aliphatic carbocycles. The average Bonchev–Trinajstić information content (AvgIpc) is 2.92. The molecule has 0 aliphatic heterocycles. The van der Waals surface area contributed by atoms with E-state index in [1.165, 1.54) is 96.3 Å². The standard InChI is InChI=1S/C34H51NO3/c1-3-5-6-7-8-9-10-11-12-13-14-15-16-17-18-19-27-38-32-24-22-31(23-25-32)35-34(37)30-21-26-33(36)29(28-30)20-4-2/h4,21-26,28,36H,2-3,5-20,27H2,1H3,(H,35,37). The van der Waals surface area contributed by atoms with Gasteiger partial charge in [0.05, 0.1) is 6.61 Å². The van der Waals surface area contributed by atoms with Gasteiger partial charge in [0, 0.05) is 11.3 Å². The SMILES string of the molecule is C=CCc1cc(C(=O)Nc2ccc(OCCCCCCCCCCCCCCCCCC)cc2)ccc1O. The number of amides is 1. The molecular formula is C34H51NO3. The second-order valence-electron chi connectivity index (χ2n) is 10.5. The largest absolute Gasteiger partial charge is 0.508 e. The van der Waals surface area contributed by atoms with Gasteiger partial charge >= 0.3 is 0 Å². The molecule has 2 aromatic carbocycles. The van der Waals surface area contributed by atoms with Crippen LogP contribution >= 0.6 is 0 Å². The van der Waals surface area contributed by atoms with Gasteiger partial charge in [0.15, 0.2) is 0 Å². The Morgan fingerprint density at radius 2 is 1.32 bits per heavy atom. The molecule has 4 nitrogen and oxygen atoms in total. The van der Waals surface area contributed by atoms with Crippen LogP contribution in [-0.4, -0.2) is 17.6 Å². The predicted octanol–water partition coefficient (Wildman–Crippen LogP) is 10.0. The van der Waals surface area contributed by atoms with Gasteiger partial charge in [-0.2, -0.15) is 0 Å². The zero-order chi connectivity index (χ0) is 27.3. The summed E-state index contributed by atoms with van der Waals surface area (Å²) in [6.07, 6.45) is 24.0. The highest BCUT2D eigenvalue weighted by Crippen LogP contribution is 2.21. The number of phenolic OH excluding ortho intramolecular Hbond substituents is 1. The molecule has 0 atom stereocenters. The van der Waals surface area contributed by atoms with Crippen LogP contribution in [0, 0.1) is 0 Å². The number of rotatable bonds is 22. The Hall–Kier alpha value is -2.75. The van der Waals surface area contributed by atoms with E-state index >= 15 is 0 Å². The van der Waals surface area contributed by atoms with Gasteiger partial charge in [-0.05, 0) is 60.9 Å². The Balaban J connectivity index is 1.47. The minimum absolute atomic E-state index is 0.173. The van der Waals surface area contributed by atoms with Crippen molar-refractivity contribution < 1.29 is 14.6 Å². The van der Waals surface area contributed by atoms with Crippen molar-refractivity contribution in [2.24, 2.45) is 0 Å². The van der Waals surface area contributed by atoms with Crippen LogP contribution in [-0.2, 0) is 6.42 Å². The molecule has 0 heterocycles. The van der Waals surface area contributed by atoms with Crippen LogP contribution in [0.25, 0.3) is 0 Å². The minimum Gasteiger partial charge on any atom is -0.508 e. The Bertz CT molecular complexity index is 906. The summed E-state index contributed by atoms with van der Waals surface area (Å²) in [6, 6.07) is 12.3. The highest BCUT2D eigenvalue weighted by Gasteiger charge is 2.09. The molecule has 1 amide bonds. The summed E-state index contributed by atoms with van der Waals surface area (Å²) in [5.74, 6) is 0.784. The van der Waals surface area contributed by atoms with E-state index in [4.69, 9.17) is 4.74 Å². The lowest BCUT2D eigenvalue weighted by Gasteiger charge is -2.10. The van der Waals surface area contributed by atoms with Crippen molar-refractivity contribution in [3.05, 3.63) is 66.2 Å². The normalized spacial score (nSPS) is 10.9. The van der Waals surface area contributed by atoms with E-state index in [1.807, 2.05) is 24.3 Å². The number of phenols is 1. The number of aromatic hydroxyl groups is 1. The molecule has 0 radical (unpaired) electrons. The monoisotopic (exact) mass is 521 g/mol. The number of allylic oxidation sites excluding steroid dienone is 1. The fourth-order valence-corrected chi connectivity index (χ4v) is 4.72. The van der Waals surface area contributed by atoms with Gasteiger partial charge in [-0.25, -0.2) is 0 Å². The molecule has 0 saturated carbocycles. The number of nitrogens with one attached hydrogen (secondary N) is 1. The molecule has 0 aromatic heterocycles. The number of carbonyl (C=O) groups is 1. The van der Waals surface area contributed by atoms with Crippen LogP contribution < -0.4 is 10.1 Å². The summed E-state index contributed by atoms with van der Waals surface area (Å²) in [6.45, 7) is 6.70. The lowest BCUT2D eigenvalue weighted by atomic mass is 10.0. The number of anilines is 1. The van der Waals surface area contributed by atoms with Gasteiger partial charge in [-0.1, -0.05) is 109 Å². The van der Waals surface area contributed by atoms with Crippen molar-refractivity contribution in [2.75, 3.05) is 11.9 Å². The van der Waals surface area contributed by atoms with Crippen LogP contribution in [0.2, 0.25) is 0 Å². The van der Waals surface area contributed by atoms with Crippen molar-refractivity contribution in [3.8, 4) is 11.5 Å². The van der Waals surface area contributed by atoms with Crippen LogP contribution in [0.4, 0.5) is 5.69 Å². The third kappa shape index (κ3) is 13.7. The lowest BCUT2D eigenvalue weighted by Crippen LogP contribution is -2.12. The molecule has 0 aliphatic rings.